The van der Waals surface area contributed by atoms with E-state index < -0.39 is 86.1 Å². The molecule has 1 amide bonds. The van der Waals surface area contributed by atoms with Crippen molar-refractivity contribution in [3.63, 3.8) is 0 Å². The minimum atomic E-state index is -6.31. The second-order valence-electron chi connectivity index (χ2n) is 9.42. The molecule has 1 aromatic carbocycles. The van der Waals surface area contributed by atoms with E-state index >= 15 is 4.39 Å². The quantitative estimate of drug-likeness (QED) is 0.203. The molecule has 0 aliphatic carbocycles. The number of nitrogens with zero attached hydrogens (tertiary/aromatic N) is 3. The number of carbonyl (C=O) groups is 1. The molecule has 0 spiro atoms. The second-order valence-corrected chi connectivity index (χ2v) is 12.2. The summed E-state index contributed by atoms with van der Waals surface area (Å²) in [6.07, 6.45) is -3.16. The Kier molecular flexibility index (Phi) is 7.54. The highest BCUT2D eigenvalue weighted by atomic mass is 127. The number of fused-ring (bicyclic) bond motifs is 1. The highest BCUT2D eigenvalue weighted by Crippen LogP contribution is 2.41. The van der Waals surface area contributed by atoms with Crippen LogP contribution in [0.5, 0.6) is 0 Å². The van der Waals surface area contributed by atoms with Crippen LogP contribution >= 0.6 is 22.6 Å². The lowest BCUT2D eigenvalue weighted by Crippen LogP contribution is -2.52. The summed E-state index contributed by atoms with van der Waals surface area (Å²) in [6.45, 7) is 3.68. The maximum atomic E-state index is 15.2. The van der Waals surface area contributed by atoms with Crippen LogP contribution in [0.3, 0.4) is 0 Å². The van der Waals surface area contributed by atoms with Gasteiger partial charge in [-0.1, -0.05) is 6.92 Å². The van der Waals surface area contributed by atoms with Gasteiger partial charge in [0.15, 0.2) is 5.79 Å². The summed E-state index contributed by atoms with van der Waals surface area (Å²) >= 11 is 1.81. The van der Waals surface area contributed by atoms with Gasteiger partial charge in [0.2, 0.25) is 5.91 Å². The number of halogens is 5. The predicted octanol–water partition coefficient (Wildman–Crippen LogP) is 2.41. The van der Waals surface area contributed by atoms with E-state index in [1.165, 1.54) is 12.1 Å². The second kappa shape index (κ2) is 9.93. The molecule has 1 aromatic heterocycles. The fraction of sp³-hybridized carbons (Fsp3) is 0.500. The number of carbonyl (C=O) groups excluding carboxylic acids is 1. The third kappa shape index (κ3) is 5.25. The van der Waals surface area contributed by atoms with Gasteiger partial charge in [-0.25, -0.2) is 13.8 Å². The Balaban J connectivity index is 2.06. The van der Waals surface area contributed by atoms with Crippen LogP contribution < -0.4 is 16.1 Å². The van der Waals surface area contributed by atoms with Crippen molar-refractivity contribution in [1.29, 1.82) is 0 Å². The number of anilines is 1. The lowest BCUT2D eigenvalue weighted by molar-refractivity contribution is -0.139. The van der Waals surface area contributed by atoms with E-state index in [2.05, 4.69) is 4.18 Å². The molecular formula is C22H22F4IN3O8S. The SMILES string of the molecule is CC1C(=O)N(C)c2c(c(=O)n(CC3COC(C)(C)O3)c(=O)n2-c2ccc(I)cc2F)C1OS(=O)(=O)C(F)(F)F. The Morgan fingerprint density at radius 1 is 1.21 bits per heavy atom. The van der Waals surface area contributed by atoms with Crippen molar-refractivity contribution in [2.24, 2.45) is 5.92 Å². The number of hydrogen-bond acceptors (Lipinski definition) is 8. The topological polar surface area (TPSA) is 126 Å². The number of aromatic nitrogens is 2. The molecule has 1 saturated heterocycles. The highest BCUT2D eigenvalue weighted by molar-refractivity contribution is 14.1. The average Bonchev–Trinajstić information content (AvgIpc) is 3.16. The summed E-state index contributed by atoms with van der Waals surface area (Å²) in [5, 5.41) is 0. The van der Waals surface area contributed by atoms with E-state index in [-0.39, 0.29) is 6.61 Å². The predicted molar refractivity (Wildman–Crippen MR) is 135 cm³/mol. The van der Waals surface area contributed by atoms with Gasteiger partial charge in [0.1, 0.15) is 23.8 Å². The van der Waals surface area contributed by atoms with Crippen molar-refractivity contribution in [2.75, 3.05) is 18.6 Å². The maximum Gasteiger partial charge on any atom is 0.523 e. The van der Waals surface area contributed by atoms with E-state index in [4.69, 9.17) is 9.47 Å². The first-order valence-corrected chi connectivity index (χ1v) is 13.8. The highest BCUT2D eigenvalue weighted by Gasteiger charge is 2.53. The molecule has 2 aromatic rings. The van der Waals surface area contributed by atoms with Gasteiger partial charge in [0.25, 0.3) is 5.56 Å². The van der Waals surface area contributed by atoms with Crippen molar-refractivity contribution < 1.29 is 44.4 Å². The van der Waals surface area contributed by atoms with Gasteiger partial charge < -0.3 is 14.4 Å². The molecular weight excluding hydrogens is 669 g/mol. The van der Waals surface area contributed by atoms with Crippen LogP contribution in [0.4, 0.5) is 23.4 Å². The Hall–Kier alpha value is -2.35. The van der Waals surface area contributed by atoms with E-state index in [0.717, 1.165) is 24.9 Å². The zero-order chi connectivity index (χ0) is 29.2. The van der Waals surface area contributed by atoms with Crippen LogP contribution in [-0.2, 0) is 35.1 Å². The van der Waals surface area contributed by atoms with Crippen LogP contribution in [0.25, 0.3) is 5.69 Å². The van der Waals surface area contributed by atoms with Crippen molar-refractivity contribution in [3.05, 3.63) is 54.0 Å². The van der Waals surface area contributed by atoms with Crippen LogP contribution in [0.15, 0.2) is 27.8 Å². The van der Waals surface area contributed by atoms with Crippen LogP contribution in [0.2, 0.25) is 0 Å². The van der Waals surface area contributed by atoms with Crippen molar-refractivity contribution in [1.82, 2.24) is 9.13 Å². The Morgan fingerprint density at radius 3 is 2.38 bits per heavy atom. The molecule has 0 radical (unpaired) electrons. The van der Waals surface area contributed by atoms with E-state index in [0.29, 0.717) is 12.7 Å². The van der Waals surface area contributed by atoms with Gasteiger partial charge in [0, 0.05) is 10.6 Å². The van der Waals surface area contributed by atoms with E-state index in [1.54, 1.807) is 36.4 Å². The number of amides is 1. The molecule has 11 nitrogen and oxygen atoms in total. The van der Waals surface area contributed by atoms with Crippen molar-refractivity contribution >= 4 is 44.4 Å². The Morgan fingerprint density at radius 2 is 1.85 bits per heavy atom. The van der Waals surface area contributed by atoms with Crippen LogP contribution in [-0.4, -0.2) is 54.5 Å². The summed E-state index contributed by atoms with van der Waals surface area (Å²) < 4.78 is 96.1. The van der Waals surface area contributed by atoms with Crippen molar-refractivity contribution in [2.45, 2.75) is 50.8 Å². The normalized spacial score (nSPS) is 23.3. The zero-order valence-corrected chi connectivity index (χ0v) is 23.8. The fourth-order valence-electron chi connectivity index (χ4n) is 4.45. The van der Waals surface area contributed by atoms with Gasteiger partial charge in [-0.05, 0) is 54.6 Å². The van der Waals surface area contributed by atoms with Crippen LogP contribution in [0.1, 0.15) is 32.4 Å². The molecule has 0 N–H and O–H groups in total. The molecule has 1 fully saturated rings. The number of rotatable bonds is 5. The minimum Gasteiger partial charge on any atom is -0.348 e. The third-order valence-corrected chi connectivity index (χ3v) is 7.94. The molecule has 39 heavy (non-hydrogen) atoms. The zero-order valence-electron chi connectivity index (χ0n) is 20.8. The van der Waals surface area contributed by atoms with Gasteiger partial charge in [-0.2, -0.15) is 21.6 Å². The monoisotopic (exact) mass is 691 g/mol. The number of hydrogen-bond donors (Lipinski definition) is 0. The molecule has 3 atom stereocenters. The molecule has 214 valence electrons. The van der Waals surface area contributed by atoms with E-state index in [1.807, 2.05) is 0 Å². The Bertz CT molecular complexity index is 1570. The lowest BCUT2D eigenvalue weighted by atomic mass is 9.92. The molecule has 17 heteroatoms. The first-order chi connectivity index (χ1) is 17.9. The van der Waals surface area contributed by atoms with Gasteiger partial charge in [-0.3, -0.25) is 18.3 Å². The average molecular weight is 691 g/mol. The Labute approximate surface area is 232 Å². The first kappa shape index (κ1) is 29.6. The largest absolute Gasteiger partial charge is 0.523 e. The third-order valence-electron chi connectivity index (χ3n) is 6.24. The number of ether oxygens (including phenoxy) is 2. The molecule has 3 unspecified atom stereocenters. The first-order valence-electron chi connectivity index (χ1n) is 11.3. The molecule has 2 aliphatic rings. The van der Waals surface area contributed by atoms with E-state index in [9.17, 15) is 36.0 Å². The maximum absolute atomic E-state index is 15.2. The number of benzene rings is 1. The van der Waals surface area contributed by atoms with Gasteiger partial charge in [-0.15, -0.1) is 0 Å². The van der Waals surface area contributed by atoms with Crippen molar-refractivity contribution in [3.8, 4) is 5.69 Å². The summed E-state index contributed by atoms with van der Waals surface area (Å²) in [5.41, 5.74) is -9.47. The smallest absolute Gasteiger partial charge is 0.348 e. The molecule has 0 saturated carbocycles. The summed E-state index contributed by atoms with van der Waals surface area (Å²) in [4.78, 5) is 41.2. The summed E-state index contributed by atoms with van der Waals surface area (Å²) in [6, 6.07) is 3.64. The lowest BCUT2D eigenvalue weighted by Gasteiger charge is -2.36. The molecule has 4 rings (SSSR count). The van der Waals surface area contributed by atoms with Crippen LogP contribution in [0, 0.1) is 15.3 Å². The molecule has 3 heterocycles. The summed E-state index contributed by atoms with van der Waals surface area (Å²) in [5.74, 6) is -5.25. The number of alkyl halides is 3. The minimum absolute atomic E-state index is 0.0645. The standard InChI is InChI=1S/C22H22F4IN3O8S/c1-10-16(38-39(34,35)22(24,25)26)15-17(28(4)18(10)31)30(14-6-5-11(27)7-13(14)23)20(33)29(19(15)32)8-12-9-36-21(2,3)37-12/h5-7,10,12,16H,8-9H2,1-4H3. The summed E-state index contributed by atoms with van der Waals surface area (Å²) in [7, 11) is -5.19. The molecule has 0 bridgehead atoms. The van der Waals surface area contributed by atoms with Gasteiger partial charge in [0.05, 0.1) is 30.3 Å². The molecule has 2 aliphatic heterocycles. The van der Waals surface area contributed by atoms with Gasteiger partial charge >= 0.3 is 21.3 Å². The fourth-order valence-corrected chi connectivity index (χ4v) is 5.55.